The molecule has 1 N–H and O–H groups in total. The zero-order valence-electron chi connectivity index (χ0n) is 14.1. The number of amides is 1. The largest absolute Gasteiger partial charge is 0.329 e. The Balaban J connectivity index is 1.59. The number of hydrogen-bond donors (Lipinski definition) is 1. The second-order valence-corrected chi connectivity index (χ2v) is 6.72. The molecule has 5 heteroatoms. The van der Waals surface area contributed by atoms with Crippen LogP contribution >= 0.6 is 11.8 Å². The van der Waals surface area contributed by atoms with E-state index < -0.39 is 0 Å². The van der Waals surface area contributed by atoms with Gasteiger partial charge in [0.15, 0.2) is 5.16 Å². The van der Waals surface area contributed by atoms with E-state index in [2.05, 4.69) is 10.3 Å². The Kier molecular flexibility index (Phi) is 5.36. The molecule has 1 amide bonds. The minimum atomic E-state index is -0.147. The van der Waals surface area contributed by atoms with Crippen molar-refractivity contribution in [1.29, 1.82) is 0 Å². The van der Waals surface area contributed by atoms with Crippen LogP contribution in [0.15, 0.2) is 77.1 Å². The lowest BCUT2D eigenvalue weighted by Crippen LogP contribution is -2.07. The summed E-state index contributed by atoms with van der Waals surface area (Å²) in [6.45, 7) is 2.03. The highest BCUT2D eigenvalue weighted by Crippen LogP contribution is 2.26. The number of anilines is 1. The monoisotopic (exact) mass is 349 g/mol. The van der Waals surface area contributed by atoms with E-state index in [0.717, 1.165) is 21.3 Å². The Morgan fingerprint density at radius 1 is 1.20 bits per heavy atom. The number of nitrogens with zero attached hydrogens (tertiary/aromatic N) is 2. The summed E-state index contributed by atoms with van der Waals surface area (Å²) in [6, 6.07) is 15.7. The van der Waals surface area contributed by atoms with E-state index in [4.69, 9.17) is 0 Å². The second kappa shape index (κ2) is 7.85. The molecule has 4 nitrogen and oxygen atoms in total. The van der Waals surface area contributed by atoms with E-state index in [-0.39, 0.29) is 5.91 Å². The van der Waals surface area contributed by atoms with Crippen molar-refractivity contribution in [3.63, 3.8) is 0 Å². The predicted octanol–water partition coefficient (Wildman–Crippen LogP) is 4.53. The van der Waals surface area contributed by atoms with Crippen molar-refractivity contribution >= 4 is 29.4 Å². The van der Waals surface area contributed by atoms with Gasteiger partial charge in [0.2, 0.25) is 5.91 Å². The smallest absolute Gasteiger partial charge is 0.248 e. The molecular formula is C20H19N3OS. The van der Waals surface area contributed by atoms with Gasteiger partial charge < -0.3 is 9.88 Å². The molecule has 1 aromatic heterocycles. The maximum absolute atomic E-state index is 12.0. The summed E-state index contributed by atoms with van der Waals surface area (Å²) in [5, 5.41) is 3.80. The van der Waals surface area contributed by atoms with E-state index in [0.29, 0.717) is 0 Å². The molecule has 0 unspecified atom stereocenters. The average Bonchev–Trinajstić information content (AvgIpc) is 3.00. The van der Waals surface area contributed by atoms with Gasteiger partial charge in [-0.05, 0) is 42.8 Å². The number of hydrogen-bond acceptors (Lipinski definition) is 3. The SMILES string of the molecule is Cc1cccc(/C=C/C(=O)Nc2ccc(Sc3nccn3C)cc2)c1. The molecule has 0 aliphatic carbocycles. The number of imidazole rings is 1. The van der Waals surface area contributed by atoms with Gasteiger partial charge >= 0.3 is 0 Å². The van der Waals surface area contributed by atoms with Gasteiger partial charge in [-0.25, -0.2) is 4.98 Å². The van der Waals surface area contributed by atoms with Gasteiger partial charge in [0.05, 0.1) is 0 Å². The number of carbonyl (C=O) groups is 1. The van der Waals surface area contributed by atoms with E-state index in [1.54, 1.807) is 24.0 Å². The molecular weight excluding hydrogens is 330 g/mol. The second-order valence-electron chi connectivity index (χ2n) is 5.68. The summed E-state index contributed by atoms with van der Waals surface area (Å²) < 4.78 is 1.97. The van der Waals surface area contributed by atoms with Gasteiger partial charge in [-0.3, -0.25) is 4.79 Å². The first-order chi connectivity index (χ1) is 12.1. The van der Waals surface area contributed by atoms with Gasteiger partial charge in [-0.2, -0.15) is 0 Å². The van der Waals surface area contributed by atoms with Crippen molar-refractivity contribution in [1.82, 2.24) is 9.55 Å². The summed E-state index contributed by atoms with van der Waals surface area (Å²) in [5.41, 5.74) is 2.95. The van der Waals surface area contributed by atoms with Crippen LogP contribution in [0, 0.1) is 6.92 Å². The maximum Gasteiger partial charge on any atom is 0.248 e. The summed E-state index contributed by atoms with van der Waals surface area (Å²) in [4.78, 5) is 17.4. The zero-order valence-corrected chi connectivity index (χ0v) is 15.0. The van der Waals surface area contributed by atoms with Crippen molar-refractivity contribution in [2.75, 3.05) is 5.32 Å². The highest BCUT2D eigenvalue weighted by atomic mass is 32.2. The molecule has 2 aromatic carbocycles. The van der Waals surface area contributed by atoms with Crippen LogP contribution in [0.2, 0.25) is 0 Å². The fourth-order valence-corrected chi connectivity index (χ4v) is 3.09. The molecule has 126 valence electrons. The van der Waals surface area contributed by atoms with Crippen LogP contribution in [0.25, 0.3) is 6.08 Å². The lowest BCUT2D eigenvalue weighted by Gasteiger charge is -2.05. The Labute approximate surface area is 151 Å². The van der Waals surface area contributed by atoms with Crippen molar-refractivity contribution in [2.24, 2.45) is 7.05 Å². The molecule has 25 heavy (non-hydrogen) atoms. The molecule has 0 bridgehead atoms. The first-order valence-electron chi connectivity index (χ1n) is 7.91. The van der Waals surface area contributed by atoms with Crippen LogP contribution in [0.5, 0.6) is 0 Å². The Morgan fingerprint density at radius 2 is 2.00 bits per heavy atom. The number of benzene rings is 2. The molecule has 1 heterocycles. The zero-order chi connectivity index (χ0) is 17.6. The summed E-state index contributed by atoms with van der Waals surface area (Å²) >= 11 is 1.58. The summed E-state index contributed by atoms with van der Waals surface area (Å²) in [5.74, 6) is -0.147. The van der Waals surface area contributed by atoms with Crippen LogP contribution in [-0.2, 0) is 11.8 Å². The normalized spacial score (nSPS) is 11.0. The molecule has 0 aliphatic rings. The lowest BCUT2D eigenvalue weighted by molar-refractivity contribution is -0.111. The molecule has 0 spiro atoms. The lowest BCUT2D eigenvalue weighted by atomic mass is 10.1. The van der Waals surface area contributed by atoms with Gasteiger partial charge in [-0.15, -0.1) is 0 Å². The quantitative estimate of drug-likeness (QED) is 0.688. The van der Waals surface area contributed by atoms with Gasteiger partial charge in [0.1, 0.15) is 0 Å². The highest BCUT2D eigenvalue weighted by molar-refractivity contribution is 7.99. The predicted molar refractivity (Wildman–Crippen MR) is 103 cm³/mol. The standard InChI is InChI=1S/C20H19N3OS/c1-15-4-3-5-16(14-15)6-11-19(24)22-17-7-9-18(10-8-17)25-20-21-12-13-23(20)2/h3-14H,1-2H3,(H,22,24)/b11-6+. The molecule has 3 rings (SSSR count). The molecule has 0 atom stereocenters. The van der Waals surface area contributed by atoms with Crippen LogP contribution < -0.4 is 5.32 Å². The van der Waals surface area contributed by atoms with E-state index in [9.17, 15) is 4.79 Å². The minimum absolute atomic E-state index is 0.147. The van der Waals surface area contributed by atoms with Crippen LogP contribution in [-0.4, -0.2) is 15.5 Å². The van der Waals surface area contributed by atoms with Gasteiger partial charge in [0, 0.05) is 36.1 Å². The topological polar surface area (TPSA) is 46.9 Å². The third-order valence-corrected chi connectivity index (χ3v) is 4.66. The van der Waals surface area contributed by atoms with E-state index >= 15 is 0 Å². The molecule has 0 saturated carbocycles. The fraction of sp³-hybridized carbons (Fsp3) is 0.100. The van der Waals surface area contributed by atoms with Crippen molar-refractivity contribution in [2.45, 2.75) is 17.0 Å². The summed E-state index contributed by atoms with van der Waals surface area (Å²) in [6.07, 6.45) is 7.05. The Morgan fingerprint density at radius 3 is 2.68 bits per heavy atom. The fourth-order valence-electron chi connectivity index (χ4n) is 2.29. The van der Waals surface area contributed by atoms with Crippen LogP contribution in [0.1, 0.15) is 11.1 Å². The molecule has 0 saturated heterocycles. The van der Waals surface area contributed by atoms with E-state index in [1.807, 2.05) is 79.3 Å². The van der Waals surface area contributed by atoms with Crippen molar-refractivity contribution < 1.29 is 4.79 Å². The van der Waals surface area contributed by atoms with Crippen LogP contribution in [0.4, 0.5) is 5.69 Å². The van der Waals surface area contributed by atoms with Gasteiger partial charge in [-0.1, -0.05) is 41.6 Å². The average molecular weight is 349 g/mol. The summed E-state index contributed by atoms with van der Waals surface area (Å²) in [7, 11) is 1.96. The molecule has 0 aliphatic heterocycles. The number of carbonyl (C=O) groups excluding carboxylic acids is 1. The van der Waals surface area contributed by atoms with Crippen molar-refractivity contribution in [3.8, 4) is 0 Å². The van der Waals surface area contributed by atoms with Gasteiger partial charge in [0.25, 0.3) is 0 Å². The highest BCUT2D eigenvalue weighted by Gasteiger charge is 2.03. The Hall–Kier alpha value is -2.79. The number of aromatic nitrogens is 2. The number of rotatable bonds is 5. The third kappa shape index (κ3) is 4.84. The number of nitrogens with one attached hydrogen (secondary N) is 1. The van der Waals surface area contributed by atoms with Crippen molar-refractivity contribution in [3.05, 3.63) is 78.1 Å². The Bertz CT molecular complexity index is 897. The van der Waals surface area contributed by atoms with Crippen LogP contribution in [0.3, 0.4) is 0 Å². The first kappa shape index (κ1) is 17.0. The van der Waals surface area contributed by atoms with E-state index in [1.165, 1.54) is 5.56 Å². The maximum atomic E-state index is 12.0. The first-order valence-corrected chi connectivity index (χ1v) is 8.73. The molecule has 0 fully saturated rings. The minimum Gasteiger partial charge on any atom is -0.329 e. The number of aryl methyl sites for hydroxylation is 2. The molecule has 0 radical (unpaired) electrons. The molecule has 3 aromatic rings. The third-order valence-electron chi connectivity index (χ3n) is 3.58.